The second-order valence-corrected chi connectivity index (χ2v) is 10.5. The number of ketones is 1. The summed E-state index contributed by atoms with van der Waals surface area (Å²) in [7, 11) is -3.96. The van der Waals surface area contributed by atoms with Crippen LogP contribution < -0.4 is 15.2 Å². The Bertz CT molecular complexity index is 1270. The van der Waals surface area contributed by atoms with E-state index in [0.717, 1.165) is 18.4 Å². The summed E-state index contributed by atoms with van der Waals surface area (Å²) >= 11 is 7.31. The minimum atomic E-state index is -3.96. The molecule has 1 aromatic carbocycles. The van der Waals surface area contributed by atoms with Crippen molar-refractivity contribution in [3.05, 3.63) is 69.3 Å². The lowest BCUT2D eigenvalue weighted by Crippen LogP contribution is -2.22. The molecule has 1 aliphatic rings. The molecule has 2 aromatic heterocycles. The molecule has 1 aliphatic carbocycles. The van der Waals surface area contributed by atoms with Crippen molar-refractivity contribution in [3.63, 3.8) is 0 Å². The van der Waals surface area contributed by atoms with Gasteiger partial charge in [-0.15, -0.1) is 11.3 Å². The van der Waals surface area contributed by atoms with Crippen LogP contribution in [0.5, 0.6) is 5.75 Å². The third-order valence-corrected chi connectivity index (χ3v) is 7.06. The monoisotopic (exact) mass is 522 g/mol. The summed E-state index contributed by atoms with van der Waals surface area (Å²) in [5.41, 5.74) is 1.24. The first-order valence-corrected chi connectivity index (χ1v) is 13.2. The predicted octanol–water partition coefficient (Wildman–Crippen LogP) is 3.80. The molecule has 0 radical (unpaired) electrons. The van der Waals surface area contributed by atoms with E-state index in [2.05, 4.69) is 15.3 Å². The van der Waals surface area contributed by atoms with Crippen molar-refractivity contribution in [2.45, 2.75) is 31.9 Å². The maximum absolute atomic E-state index is 13.2. The van der Waals surface area contributed by atoms with Crippen molar-refractivity contribution >= 4 is 44.8 Å². The molecule has 0 bridgehead atoms. The fourth-order valence-corrected chi connectivity index (χ4v) is 5.19. The number of hydrogen-bond donors (Lipinski definition) is 2. The Hall–Kier alpha value is -2.57. The van der Waals surface area contributed by atoms with Gasteiger partial charge < -0.3 is 10.1 Å². The van der Waals surface area contributed by atoms with Crippen LogP contribution in [0.15, 0.2) is 48.2 Å². The van der Waals surface area contributed by atoms with Crippen LogP contribution in [0.25, 0.3) is 0 Å². The summed E-state index contributed by atoms with van der Waals surface area (Å²) < 4.78 is 32.5. The fraction of sp³-hybridized carbons (Fsp3) is 0.318. The molecule has 4 rings (SSSR count). The number of hydrogen-bond acceptors (Lipinski definition) is 9. The molecule has 0 spiro atoms. The number of aromatic nitrogens is 2. The van der Waals surface area contributed by atoms with Crippen LogP contribution in [0.1, 0.15) is 40.1 Å². The van der Waals surface area contributed by atoms with Gasteiger partial charge in [-0.05, 0) is 54.8 Å². The molecule has 180 valence electrons. The van der Waals surface area contributed by atoms with Gasteiger partial charge in [0.15, 0.2) is 0 Å². The van der Waals surface area contributed by atoms with Crippen LogP contribution in [-0.2, 0) is 21.1 Å². The van der Waals surface area contributed by atoms with Gasteiger partial charge in [0.25, 0.3) is 0 Å². The third-order valence-electron chi connectivity index (χ3n) is 5.39. The summed E-state index contributed by atoms with van der Waals surface area (Å²) in [5.74, 6) is 0.965. The molecule has 1 unspecified atom stereocenters. The molecule has 0 saturated heterocycles. The highest BCUT2D eigenvalue weighted by molar-refractivity contribution is 7.84. The number of carbonyl (C=O) groups excluding carboxylic acids is 1. The number of ether oxygens (including phenoxy) is 1. The highest BCUT2D eigenvalue weighted by Gasteiger charge is 2.28. The Morgan fingerprint density at radius 1 is 1.29 bits per heavy atom. The Morgan fingerprint density at radius 3 is 2.94 bits per heavy atom. The number of nitrogens with zero attached hydrogens (tertiary/aromatic N) is 2. The van der Waals surface area contributed by atoms with Crippen molar-refractivity contribution in [3.8, 4) is 5.75 Å². The highest BCUT2D eigenvalue weighted by Crippen LogP contribution is 2.30. The SMILES string of the molecule is NS(=O)(=O)OC[C@@H]1CCC(Nc2ncncc2C(=O)c2cc(COc3cccc(Cl)c3)cs2)C1. The molecule has 3 aromatic rings. The summed E-state index contributed by atoms with van der Waals surface area (Å²) in [4.78, 5) is 22.0. The molecule has 3 N–H and O–H groups in total. The van der Waals surface area contributed by atoms with Crippen LogP contribution in [0.3, 0.4) is 0 Å². The van der Waals surface area contributed by atoms with Gasteiger partial charge in [0.2, 0.25) is 5.78 Å². The Balaban J connectivity index is 1.38. The molecule has 2 heterocycles. The molecular weight excluding hydrogens is 500 g/mol. The number of benzene rings is 1. The van der Waals surface area contributed by atoms with E-state index in [-0.39, 0.29) is 24.3 Å². The van der Waals surface area contributed by atoms with E-state index in [1.54, 1.807) is 18.2 Å². The predicted molar refractivity (Wildman–Crippen MR) is 129 cm³/mol. The summed E-state index contributed by atoms with van der Waals surface area (Å²) in [6.07, 6.45) is 5.13. The zero-order valence-electron chi connectivity index (χ0n) is 18.0. The third kappa shape index (κ3) is 6.73. The largest absolute Gasteiger partial charge is 0.489 e. The minimum absolute atomic E-state index is 0.0283. The molecule has 0 aliphatic heterocycles. The van der Waals surface area contributed by atoms with Crippen LogP contribution in [0.4, 0.5) is 5.82 Å². The van der Waals surface area contributed by atoms with E-state index in [0.29, 0.717) is 40.1 Å². The lowest BCUT2D eigenvalue weighted by molar-refractivity contribution is 0.104. The standard InChI is InChI=1S/C22H23ClN4O5S2/c23-16-2-1-3-18(8-16)31-10-15-7-20(33-12-15)21(28)19-9-25-13-26-22(19)27-17-5-4-14(6-17)11-32-34(24,29)30/h1-3,7-9,12-14,17H,4-6,10-11H2,(H2,24,29,30)(H,25,26,27)/t14-,17?/m1/s1. The van der Waals surface area contributed by atoms with Gasteiger partial charge in [-0.25, -0.2) is 15.1 Å². The van der Waals surface area contributed by atoms with Crippen molar-refractivity contribution < 1.29 is 22.1 Å². The molecule has 0 amide bonds. The smallest absolute Gasteiger partial charge is 0.333 e. The maximum Gasteiger partial charge on any atom is 0.333 e. The average Bonchev–Trinajstić information content (AvgIpc) is 3.45. The Kier molecular flexibility index (Phi) is 7.79. The highest BCUT2D eigenvalue weighted by atomic mass is 35.5. The lowest BCUT2D eigenvalue weighted by atomic mass is 10.1. The molecule has 2 atom stereocenters. The molecule has 12 heteroatoms. The van der Waals surface area contributed by atoms with E-state index in [1.165, 1.54) is 23.9 Å². The zero-order valence-corrected chi connectivity index (χ0v) is 20.4. The number of nitrogens with one attached hydrogen (secondary N) is 1. The first kappa shape index (κ1) is 24.6. The molecule has 1 saturated carbocycles. The van der Waals surface area contributed by atoms with Gasteiger partial charge >= 0.3 is 10.3 Å². The second-order valence-electron chi connectivity index (χ2n) is 7.98. The van der Waals surface area contributed by atoms with Crippen LogP contribution in [-0.4, -0.2) is 36.8 Å². The van der Waals surface area contributed by atoms with Crippen LogP contribution in [0, 0.1) is 5.92 Å². The maximum atomic E-state index is 13.2. The van der Waals surface area contributed by atoms with Gasteiger partial charge in [-0.1, -0.05) is 17.7 Å². The second kappa shape index (κ2) is 10.8. The van der Waals surface area contributed by atoms with E-state index in [1.807, 2.05) is 17.5 Å². The number of halogens is 1. The Morgan fingerprint density at radius 2 is 2.15 bits per heavy atom. The molecule has 34 heavy (non-hydrogen) atoms. The number of anilines is 1. The van der Waals surface area contributed by atoms with Gasteiger partial charge in [-0.3, -0.25) is 8.98 Å². The summed E-state index contributed by atoms with van der Waals surface area (Å²) in [6.45, 7) is 0.354. The first-order valence-electron chi connectivity index (χ1n) is 10.5. The number of rotatable bonds is 10. The van der Waals surface area contributed by atoms with Gasteiger partial charge in [0, 0.05) is 22.8 Å². The minimum Gasteiger partial charge on any atom is -0.489 e. The molecule has 1 fully saturated rings. The van der Waals surface area contributed by atoms with Crippen molar-refractivity contribution in [1.29, 1.82) is 0 Å². The van der Waals surface area contributed by atoms with Crippen LogP contribution >= 0.6 is 22.9 Å². The van der Waals surface area contributed by atoms with Crippen LogP contribution in [0.2, 0.25) is 5.02 Å². The van der Waals surface area contributed by atoms with E-state index >= 15 is 0 Å². The van der Waals surface area contributed by atoms with E-state index in [9.17, 15) is 13.2 Å². The zero-order chi connectivity index (χ0) is 24.1. The summed E-state index contributed by atoms with van der Waals surface area (Å²) in [6, 6.07) is 8.95. The van der Waals surface area contributed by atoms with E-state index < -0.39 is 10.3 Å². The quantitative estimate of drug-likeness (QED) is 0.384. The van der Waals surface area contributed by atoms with Crippen molar-refractivity contribution in [2.75, 3.05) is 11.9 Å². The number of carbonyl (C=O) groups is 1. The van der Waals surface area contributed by atoms with Crippen molar-refractivity contribution in [1.82, 2.24) is 9.97 Å². The topological polar surface area (TPSA) is 134 Å². The molecular formula is C22H23ClN4O5S2. The molecule has 9 nitrogen and oxygen atoms in total. The van der Waals surface area contributed by atoms with E-state index in [4.69, 9.17) is 25.7 Å². The first-order chi connectivity index (χ1) is 16.3. The number of thiophene rings is 1. The number of nitrogens with two attached hydrogens (primary N) is 1. The van der Waals surface area contributed by atoms with Crippen molar-refractivity contribution in [2.24, 2.45) is 11.1 Å². The average molecular weight is 523 g/mol. The van der Waals surface area contributed by atoms with Gasteiger partial charge in [-0.2, -0.15) is 8.42 Å². The normalized spacial score (nSPS) is 18.1. The van der Waals surface area contributed by atoms with Gasteiger partial charge in [0.1, 0.15) is 24.5 Å². The van der Waals surface area contributed by atoms with Gasteiger partial charge in [0.05, 0.1) is 17.0 Å². The fourth-order valence-electron chi connectivity index (χ4n) is 3.78. The summed E-state index contributed by atoms with van der Waals surface area (Å²) in [5, 5.41) is 10.7. The Labute approximate surface area is 206 Å². The lowest BCUT2D eigenvalue weighted by Gasteiger charge is -2.15.